The number of anilines is 1. The molecule has 1 saturated carbocycles. The Hall–Kier alpha value is -2.35. The van der Waals surface area contributed by atoms with E-state index in [1.807, 2.05) is 18.7 Å². The maximum Gasteiger partial charge on any atom is 0.333 e. The molecule has 0 spiro atoms. The summed E-state index contributed by atoms with van der Waals surface area (Å²) in [6, 6.07) is 0. The van der Waals surface area contributed by atoms with E-state index in [1.54, 1.807) is 0 Å². The van der Waals surface area contributed by atoms with E-state index in [2.05, 4.69) is 4.98 Å². The van der Waals surface area contributed by atoms with Crippen molar-refractivity contribution in [2.45, 2.75) is 44.6 Å². The topological polar surface area (TPSA) is 92.8 Å². The molecule has 0 bridgehead atoms. The maximum atomic E-state index is 15.1. The van der Waals surface area contributed by atoms with Gasteiger partial charge in [-0.1, -0.05) is 0 Å². The minimum atomic E-state index is -0.662. The zero-order chi connectivity index (χ0) is 19.5. The van der Waals surface area contributed by atoms with Crippen LogP contribution in [0.3, 0.4) is 0 Å². The van der Waals surface area contributed by atoms with Crippen LogP contribution in [0.4, 0.5) is 10.1 Å². The van der Waals surface area contributed by atoms with Gasteiger partial charge in [0.2, 0.25) is 0 Å². The molecule has 2 fully saturated rings. The molecule has 2 aliphatic rings. The van der Waals surface area contributed by atoms with Crippen LogP contribution in [0.15, 0.2) is 15.8 Å². The molecule has 2 aromatic rings. The SMILES string of the molecule is COc1c(N2CCC(C(C)(C)N)C2)c(F)cn2c(=O)[nH]c(=O)c(C3CC3)c12. The molecular weight excluding hydrogens is 351 g/mol. The highest BCUT2D eigenvalue weighted by atomic mass is 19.1. The Morgan fingerprint density at radius 2 is 2.00 bits per heavy atom. The quantitative estimate of drug-likeness (QED) is 0.845. The van der Waals surface area contributed by atoms with Crippen molar-refractivity contribution >= 4 is 11.2 Å². The molecule has 27 heavy (non-hydrogen) atoms. The summed E-state index contributed by atoms with van der Waals surface area (Å²) >= 11 is 0. The van der Waals surface area contributed by atoms with Gasteiger partial charge >= 0.3 is 5.69 Å². The molecule has 4 rings (SSSR count). The van der Waals surface area contributed by atoms with Crippen LogP contribution in [0.25, 0.3) is 5.52 Å². The Bertz CT molecular complexity index is 1020. The molecule has 146 valence electrons. The van der Waals surface area contributed by atoms with Gasteiger partial charge in [0.1, 0.15) is 11.2 Å². The van der Waals surface area contributed by atoms with E-state index in [0.717, 1.165) is 29.9 Å². The number of nitrogens with one attached hydrogen (secondary N) is 1. The van der Waals surface area contributed by atoms with Crippen molar-refractivity contribution in [3.63, 3.8) is 0 Å². The van der Waals surface area contributed by atoms with Gasteiger partial charge in [0.05, 0.1) is 13.3 Å². The number of methoxy groups -OCH3 is 1. The molecule has 0 amide bonds. The molecule has 0 aromatic carbocycles. The zero-order valence-corrected chi connectivity index (χ0v) is 15.8. The number of aromatic nitrogens is 2. The monoisotopic (exact) mass is 376 g/mol. The van der Waals surface area contributed by atoms with E-state index in [-0.39, 0.29) is 23.1 Å². The number of halogens is 1. The first kappa shape index (κ1) is 18.0. The minimum Gasteiger partial charge on any atom is -0.492 e. The van der Waals surface area contributed by atoms with Crippen LogP contribution in [-0.4, -0.2) is 35.1 Å². The van der Waals surface area contributed by atoms with Crippen molar-refractivity contribution in [3.05, 3.63) is 38.4 Å². The number of hydrogen-bond acceptors (Lipinski definition) is 5. The summed E-state index contributed by atoms with van der Waals surface area (Å²) in [5.74, 6) is -0.0192. The third-order valence-electron chi connectivity index (χ3n) is 5.83. The number of nitrogens with two attached hydrogens (primary N) is 1. The fourth-order valence-electron chi connectivity index (χ4n) is 4.12. The van der Waals surface area contributed by atoms with Gasteiger partial charge in [0.25, 0.3) is 5.56 Å². The fourth-order valence-corrected chi connectivity index (χ4v) is 4.12. The molecule has 2 aromatic heterocycles. The van der Waals surface area contributed by atoms with Gasteiger partial charge < -0.3 is 15.4 Å². The Balaban J connectivity index is 1.95. The summed E-state index contributed by atoms with van der Waals surface area (Å²) in [4.78, 5) is 29.0. The predicted octanol–water partition coefficient (Wildman–Crippen LogP) is 1.58. The second-order valence-electron chi connectivity index (χ2n) is 8.28. The number of nitrogens with zero attached hydrogens (tertiary/aromatic N) is 2. The summed E-state index contributed by atoms with van der Waals surface area (Å²) in [5, 5.41) is 0. The summed E-state index contributed by atoms with van der Waals surface area (Å²) in [5.41, 5.74) is 5.98. The third-order valence-corrected chi connectivity index (χ3v) is 5.83. The first-order valence-corrected chi connectivity index (χ1v) is 9.31. The largest absolute Gasteiger partial charge is 0.492 e. The van der Waals surface area contributed by atoms with Crippen molar-refractivity contribution in [1.29, 1.82) is 0 Å². The molecule has 1 saturated heterocycles. The number of ether oxygens (including phenoxy) is 1. The summed E-state index contributed by atoms with van der Waals surface area (Å²) < 4.78 is 21.8. The van der Waals surface area contributed by atoms with Gasteiger partial charge in [0, 0.05) is 24.2 Å². The lowest BCUT2D eigenvalue weighted by Crippen LogP contribution is -2.42. The predicted molar refractivity (Wildman–Crippen MR) is 101 cm³/mol. The highest BCUT2D eigenvalue weighted by Crippen LogP contribution is 2.45. The summed E-state index contributed by atoms with van der Waals surface area (Å²) in [6.07, 6.45) is 3.74. The first-order valence-electron chi connectivity index (χ1n) is 9.31. The van der Waals surface area contributed by atoms with Crippen molar-refractivity contribution < 1.29 is 9.13 Å². The Labute approximate surface area is 155 Å². The minimum absolute atomic E-state index is 0.0749. The molecule has 1 aliphatic heterocycles. The van der Waals surface area contributed by atoms with E-state index >= 15 is 4.39 Å². The van der Waals surface area contributed by atoms with Crippen LogP contribution in [-0.2, 0) is 0 Å². The molecule has 1 atom stereocenters. The van der Waals surface area contributed by atoms with Crippen molar-refractivity contribution in [2.24, 2.45) is 11.7 Å². The maximum absolute atomic E-state index is 15.1. The van der Waals surface area contributed by atoms with Crippen molar-refractivity contribution in [1.82, 2.24) is 9.38 Å². The van der Waals surface area contributed by atoms with Gasteiger partial charge in [-0.2, -0.15) is 0 Å². The molecular formula is C19H25FN4O3. The smallest absolute Gasteiger partial charge is 0.333 e. The average molecular weight is 376 g/mol. The van der Waals surface area contributed by atoms with Gasteiger partial charge in [-0.3, -0.25) is 14.2 Å². The van der Waals surface area contributed by atoms with Crippen molar-refractivity contribution in [2.75, 3.05) is 25.1 Å². The molecule has 1 unspecified atom stereocenters. The Morgan fingerprint density at radius 1 is 1.30 bits per heavy atom. The summed E-state index contributed by atoms with van der Waals surface area (Å²) in [6.45, 7) is 5.18. The van der Waals surface area contributed by atoms with Gasteiger partial charge in [-0.15, -0.1) is 0 Å². The molecule has 3 N–H and O–H groups in total. The van der Waals surface area contributed by atoms with Crippen LogP contribution < -0.4 is 26.6 Å². The molecule has 8 heteroatoms. The Kier molecular flexibility index (Phi) is 4.06. The van der Waals surface area contributed by atoms with E-state index in [1.165, 1.54) is 7.11 Å². The van der Waals surface area contributed by atoms with Crippen LogP contribution in [0.5, 0.6) is 5.75 Å². The van der Waals surface area contributed by atoms with E-state index < -0.39 is 17.1 Å². The average Bonchev–Trinajstić information content (AvgIpc) is 3.28. The van der Waals surface area contributed by atoms with E-state index in [4.69, 9.17) is 10.5 Å². The van der Waals surface area contributed by atoms with Crippen LogP contribution in [0.1, 0.15) is 44.6 Å². The van der Waals surface area contributed by atoms with Crippen LogP contribution in [0.2, 0.25) is 0 Å². The molecule has 7 nitrogen and oxygen atoms in total. The number of hydrogen-bond donors (Lipinski definition) is 2. The first-order chi connectivity index (χ1) is 12.7. The van der Waals surface area contributed by atoms with E-state index in [0.29, 0.717) is 29.9 Å². The third kappa shape index (κ3) is 2.92. The number of H-pyrrole nitrogens is 1. The molecule has 1 aliphatic carbocycles. The Morgan fingerprint density at radius 3 is 2.56 bits per heavy atom. The van der Waals surface area contributed by atoms with Gasteiger partial charge in [-0.05, 0) is 44.9 Å². The second-order valence-corrected chi connectivity index (χ2v) is 8.28. The van der Waals surface area contributed by atoms with Crippen LogP contribution in [0, 0.1) is 11.7 Å². The lowest BCUT2D eigenvalue weighted by Gasteiger charge is -2.28. The zero-order valence-electron chi connectivity index (χ0n) is 15.8. The van der Waals surface area contributed by atoms with Gasteiger partial charge in [-0.25, -0.2) is 9.18 Å². The number of aromatic amines is 1. The lowest BCUT2D eigenvalue weighted by atomic mass is 9.88. The molecule has 3 heterocycles. The lowest BCUT2D eigenvalue weighted by molar-refractivity contribution is 0.348. The fraction of sp³-hybridized carbons (Fsp3) is 0.579. The van der Waals surface area contributed by atoms with E-state index in [9.17, 15) is 9.59 Å². The van der Waals surface area contributed by atoms with Gasteiger partial charge in [0.15, 0.2) is 11.6 Å². The highest BCUT2D eigenvalue weighted by molar-refractivity contribution is 5.78. The number of fused-ring (bicyclic) bond motifs is 1. The normalized spacial score (nSPS) is 20.5. The van der Waals surface area contributed by atoms with Crippen molar-refractivity contribution in [3.8, 4) is 5.75 Å². The second kappa shape index (κ2) is 6.09. The summed E-state index contributed by atoms with van der Waals surface area (Å²) in [7, 11) is 1.45. The molecule has 0 radical (unpaired) electrons. The highest BCUT2D eigenvalue weighted by Gasteiger charge is 2.37. The standard InChI is InChI=1S/C19H25FN4O3/c1-19(2,21)11-6-7-23(8-11)14-12(20)9-24-15(16(14)27-3)13(10-4-5-10)17(25)22-18(24)26/h9-11H,4-8,21H2,1-3H3,(H,22,25,26). The van der Waals surface area contributed by atoms with Crippen LogP contribution >= 0.6 is 0 Å². The number of pyridine rings is 1. The number of rotatable bonds is 4.